The Morgan fingerprint density at radius 2 is 1.67 bits per heavy atom. The Kier molecular flexibility index (Phi) is 6.88. The number of nitrogens with zero attached hydrogens (tertiary/aromatic N) is 1. The lowest BCUT2D eigenvalue weighted by Gasteiger charge is -2.32. The summed E-state index contributed by atoms with van der Waals surface area (Å²) in [7, 11) is 0. The highest BCUT2D eigenvalue weighted by molar-refractivity contribution is 5.86. The van der Waals surface area contributed by atoms with Crippen LogP contribution in [0.5, 0.6) is 11.5 Å². The molecule has 1 fully saturated rings. The van der Waals surface area contributed by atoms with E-state index in [0.717, 1.165) is 44.1 Å². The van der Waals surface area contributed by atoms with Crippen LogP contribution >= 0.6 is 0 Å². The number of rotatable bonds is 7. The summed E-state index contributed by atoms with van der Waals surface area (Å²) in [4.78, 5) is 2.60. The van der Waals surface area contributed by atoms with Gasteiger partial charge in [-0.15, -0.1) is 0 Å². The maximum Gasteiger partial charge on any atom is 0.161 e. The molecule has 1 saturated heterocycles. The van der Waals surface area contributed by atoms with Gasteiger partial charge in [0.2, 0.25) is 0 Å². The SMILES string of the molecule is CCOc1ccc(C(c2cccc3ccccc23)N2CCCNCC2)cc1OCC. The van der Waals surface area contributed by atoms with Crippen molar-refractivity contribution >= 4 is 10.8 Å². The van der Waals surface area contributed by atoms with Crippen LogP contribution in [0.15, 0.2) is 60.7 Å². The molecular weight excluding hydrogens is 372 g/mol. The molecule has 1 heterocycles. The van der Waals surface area contributed by atoms with Gasteiger partial charge in [-0.05, 0) is 60.8 Å². The van der Waals surface area contributed by atoms with Gasteiger partial charge in [0.15, 0.2) is 11.5 Å². The third kappa shape index (κ3) is 4.45. The van der Waals surface area contributed by atoms with Crippen molar-refractivity contribution in [2.45, 2.75) is 26.3 Å². The minimum absolute atomic E-state index is 0.172. The van der Waals surface area contributed by atoms with Crippen molar-refractivity contribution < 1.29 is 9.47 Å². The maximum absolute atomic E-state index is 5.96. The number of fused-ring (bicyclic) bond motifs is 1. The van der Waals surface area contributed by atoms with Crippen LogP contribution in [0.4, 0.5) is 0 Å². The summed E-state index contributed by atoms with van der Waals surface area (Å²) in [6.45, 7) is 9.45. The quantitative estimate of drug-likeness (QED) is 0.599. The van der Waals surface area contributed by atoms with E-state index in [1.54, 1.807) is 0 Å². The van der Waals surface area contributed by atoms with E-state index in [1.807, 2.05) is 13.8 Å². The fourth-order valence-electron chi connectivity index (χ4n) is 4.44. The van der Waals surface area contributed by atoms with E-state index in [2.05, 4.69) is 70.9 Å². The van der Waals surface area contributed by atoms with Gasteiger partial charge in [0.05, 0.1) is 19.3 Å². The van der Waals surface area contributed by atoms with E-state index in [-0.39, 0.29) is 6.04 Å². The second kappa shape index (κ2) is 9.96. The van der Waals surface area contributed by atoms with Gasteiger partial charge in [-0.1, -0.05) is 48.5 Å². The first-order valence-corrected chi connectivity index (χ1v) is 11.1. The van der Waals surface area contributed by atoms with Crippen LogP contribution in [0.1, 0.15) is 37.4 Å². The second-order valence-corrected chi connectivity index (χ2v) is 7.68. The van der Waals surface area contributed by atoms with Gasteiger partial charge < -0.3 is 14.8 Å². The molecule has 0 saturated carbocycles. The number of ether oxygens (including phenoxy) is 2. The summed E-state index contributed by atoms with van der Waals surface area (Å²) in [6.07, 6.45) is 1.15. The van der Waals surface area contributed by atoms with E-state index in [4.69, 9.17) is 9.47 Å². The van der Waals surface area contributed by atoms with Gasteiger partial charge in [0.1, 0.15) is 0 Å². The molecule has 0 aliphatic carbocycles. The van der Waals surface area contributed by atoms with Gasteiger partial charge in [0, 0.05) is 19.6 Å². The average Bonchev–Trinajstić information content (AvgIpc) is 3.06. The molecule has 1 N–H and O–H groups in total. The van der Waals surface area contributed by atoms with E-state index in [9.17, 15) is 0 Å². The van der Waals surface area contributed by atoms with Crippen molar-refractivity contribution in [3.8, 4) is 11.5 Å². The monoisotopic (exact) mass is 404 g/mol. The number of hydrogen-bond acceptors (Lipinski definition) is 4. The van der Waals surface area contributed by atoms with Crippen LogP contribution in [0.3, 0.4) is 0 Å². The predicted octanol–water partition coefficient (Wildman–Crippen LogP) is 5.02. The Balaban J connectivity index is 1.84. The third-order valence-electron chi connectivity index (χ3n) is 5.74. The van der Waals surface area contributed by atoms with Crippen molar-refractivity contribution in [1.29, 1.82) is 0 Å². The van der Waals surface area contributed by atoms with Crippen LogP contribution in [-0.2, 0) is 0 Å². The molecule has 0 bridgehead atoms. The lowest BCUT2D eigenvalue weighted by atomic mass is 9.92. The van der Waals surface area contributed by atoms with Crippen LogP contribution in [0.25, 0.3) is 10.8 Å². The Bertz CT molecular complexity index is 959. The normalized spacial score (nSPS) is 16.2. The number of nitrogens with one attached hydrogen (secondary N) is 1. The smallest absolute Gasteiger partial charge is 0.161 e. The van der Waals surface area contributed by atoms with E-state index in [0.29, 0.717) is 13.2 Å². The van der Waals surface area contributed by atoms with Crippen LogP contribution in [-0.4, -0.2) is 44.3 Å². The Hall–Kier alpha value is -2.56. The standard InChI is InChI=1S/C26H32N2O2/c1-3-29-24-14-13-21(19-25(24)30-4-2)26(28-17-8-15-27-16-18-28)23-12-7-10-20-9-5-6-11-22(20)23/h5-7,9-14,19,26-27H,3-4,8,15-18H2,1-2H3. The van der Waals surface area contributed by atoms with Gasteiger partial charge in [-0.25, -0.2) is 0 Å². The predicted molar refractivity (Wildman–Crippen MR) is 124 cm³/mol. The summed E-state index contributed by atoms with van der Waals surface area (Å²) >= 11 is 0. The fraction of sp³-hybridized carbons (Fsp3) is 0.385. The summed E-state index contributed by atoms with van der Waals surface area (Å²) in [5, 5.41) is 6.14. The van der Waals surface area contributed by atoms with Crippen molar-refractivity contribution in [3.63, 3.8) is 0 Å². The largest absolute Gasteiger partial charge is 0.490 e. The highest BCUT2D eigenvalue weighted by atomic mass is 16.5. The van der Waals surface area contributed by atoms with Gasteiger partial charge >= 0.3 is 0 Å². The molecule has 0 radical (unpaired) electrons. The maximum atomic E-state index is 5.96. The molecule has 1 unspecified atom stereocenters. The van der Waals surface area contributed by atoms with Crippen molar-refractivity contribution in [1.82, 2.24) is 10.2 Å². The molecule has 3 aromatic carbocycles. The molecule has 4 nitrogen and oxygen atoms in total. The third-order valence-corrected chi connectivity index (χ3v) is 5.74. The molecule has 4 rings (SSSR count). The van der Waals surface area contributed by atoms with Crippen LogP contribution < -0.4 is 14.8 Å². The number of hydrogen-bond donors (Lipinski definition) is 1. The first-order valence-electron chi connectivity index (χ1n) is 11.1. The molecule has 0 amide bonds. The number of benzene rings is 3. The topological polar surface area (TPSA) is 33.7 Å². The minimum atomic E-state index is 0.172. The zero-order valence-electron chi connectivity index (χ0n) is 18.1. The summed E-state index contributed by atoms with van der Waals surface area (Å²) in [5.41, 5.74) is 2.60. The summed E-state index contributed by atoms with van der Waals surface area (Å²) < 4.78 is 11.8. The summed E-state index contributed by atoms with van der Waals surface area (Å²) in [6, 6.07) is 22.0. The molecule has 0 spiro atoms. The van der Waals surface area contributed by atoms with E-state index >= 15 is 0 Å². The lowest BCUT2D eigenvalue weighted by Crippen LogP contribution is -2.33. The first kappa shape index (κ1) is 20.7. The van der Waals surface area contributed by atoms with E-state index in [1.165, 1.54) is 21.9 Å². The molecule has 3 aromatic rings. The molecule has 158 valence electrons. The van der Waals surface area contributed by atoms with Crippen molar-refractivity contribution in [2.24, 2.45) is 0 Å². The molecule has 1 aliphatic heterocycles. The Morgan fingerprint density at radius 1 is 0.867 bits per heavy atom. The average molecular weight is 405 g/mol. The minimum Gasteiger partial charge on any atom is -0.490 e. The first-order chi connectivity index (χ1) is 14.8. The molecule has 4 heteroatoms. The van der Waals surface area contributed by atoms with Crippen molar-refractivity contribution in [3.05, 3.63) is 71.8 Å². The molecule has 1 atom stereocenters. The zero-order chi connectivity index (χ0) is 20.8. The van der Waals surface area contributed by atoms with E-state index < -0.39 is 0 Å². The highest BCUT2D eigenvalue weighted by Crippen LogP contribution is 2.38. The van der Waals surface area contributed by atoms with Gasteiger partial charge in [0.25, 0.3) is 0 Å². The Labute approximate surface area is 179 Å². The molecule has 1 aliphatic rings. The second-order valence-electron chi connectivity index (χ2n) is 7.68. The summed E-state index contributed by atoms with van der Waals surface area (Å²) in [5.74, 6) is 1.65. The van der Waals surface area contributed by atoms with Gasteiger partial charge in [-0.3, -0.25) is 4.90 Å². The van der Waals surface area contributed by atoms with Gasteiger partial charge in [-0.2, -0.15) is 0 Å². The van der Waals surface area contributed by atoms with Crippen LogP contribution in [0, 0.1) is 0 Å². The molecule has 30 heavy (non-hydrogen) atoms. The molecule has 0 aromatic heterocycles. The zero-order valence-corrected chi connectivity index (χ0v) is 18.1. The van der Waals surface area contributed by atoms with Crippen LogP contribution in [0.2, 0.25) is 0 Å². The molecular formula is C26H32N2O2. The fourth-order valence-corrected chi connectivity index (χ4v) is 4.44. The Morgan fingerprint density at radius 3 is 2.53 bits per heavy atom. The lowest BCUT2D eigenvalue weighted by molar-refractivity contribution is 0.240. The highest BCUT2D eigenvalue weighted by Gasteiger charge is 2.26. The van der Waals surface area contributed by atoms with Crippen molar-refractivity contribution in [2.75, 3.05) is 39.4 Å².